The van der Waals surface area contributed by atoms with E-state index in [-0.39, 0.29) is 24.5 Å². The van der Waals surface area contributed by atoms with E-state index in [0.717, 1.165) is 19.3 Å². The average Bonchev–Trinajstić information content (AvgIpc) is 2.99. The molecule has 1 aliphatic heterocycles. The second kappa shape index (κ2) is 7.02. The molecule has 1 saturated heterocycles. The summed E-state index contributed by atoms with van der Waals surface area (Å²) in [6.45, 7) is -0.0409. The fraction of sp³-hybridized carbons (Fsp3) is 0.556. The van der Waals surface area contributed by atoms with Crippen LogP contribution in [0, 0.1) is 5.92 Å². The molecule has 1 saturated carbocycles. The summed E-state index contributed by atoms with van der Waals surface area (Å²) in [6, 6.07) is 8.96. The highest BCUT2D eigenvalue weighted by atomic mass is 16.5. The van der Waals surface area contributed by atoms with Gasteiger partial charge in [0, 0.05) is 6.04 Å². The zero-order chi connectivity index (χ0) is 16.2. The van der Waals surface area contributed by atoms with E-state index in [1.165, 1.54) is 13.5 Å². The number of carbonyl (C=O) groups is 2. The summed E-state index contributed by atoms with van der Waals surface area (Å²) in [4.78, 5) is 26.5. The van der Waals surface area contributed by atoms with Crippen LogP contribution in [0.1, 0.15) is 32.1 Å². The molecular weight excluding hydrogens is 294 g/mol. The van der Waals surface area contributed by atoms with Crippen LogP contribution in [0.4, 0.5) is 0 Å². The number of carbonyl (C=O) groups excluding carboxylic acids is 2. The molecule has 0 N–H and O–H groups in total. The molecule has 124 valence electrons. The van der Waals surface area contributed by atoms with Gasteiger partial charge in [0.15, 0.2) is 6.61 Å². The lowest BCUT2D eigenvalue weighted by molar-refractivity contribution is -0.153. The summed E-state index contributed by atoms with van der Waals surface area (Å²) in [5.74, 6) is 0.634. The Hall–Kier alpha value is -2.04. The Morgan fingerprint density at radius 3 is 2.65 bits per heavy atom. The SMILES string of the molecule is COC(=O)[C@H]1C[C@H]2CCCC[C@@H]2N1C(=O)COc1ccccc1. The first-order valence-corrected chi connectivity index (χ1v) is 8.27. The Bertz CT molecular complexity index is 559. The third kappa shape index (κ3) is 3.33. The normalized spacial score (nSPS) is 26.5. The molecule has 1 amide bonds. The topological polar surface area (TPSA) is 55.8 Å². The minimum atomic E-state index is -0.458. The molecule has 5 nitrogen and oxygen atoms in total. The van der Waals surface area contributed by atoms with Gasteiger partial charge in [-0.3, -0.25) is 4.79 Å². The van der Waals surface area contributed by atoms with Crippen molar-refractivity contribution in [3.05, 3.63) is 30.3 Å². The van der Waals surface area contributed by atoms with E-state index in [1.807, 2.05) is 30.3 Å². The average molecular weight is 317 g/mol. The van der Waals surface area contributed by atoms with Crippen molar-refractivity contribution < 1.29 is 19.1 Å². The van der Waals surface area contributed by atoms with Crippen LogP contribution in [0.3, 0.4) is 0 Å². The fourth-order valence-corrected chi connectivity index (χ4v) is 3.90. The van der Waals surface area contributed by atoms with E-state index in [4.69, 9.17) is 9.47 Å². The number of nitrogens with zero attached hydrogens (tertiary/aromatic N) is 1. The van der Waals surface area contributed by atoms with Crippen molar-refractivity contribution in [3.63, 3.8) is 0 Å². The van der Waals surface area contributed by atoms with Crippen molar-refractivity contribution in [2.75, 3.05) is 13.7 Å². The van der Waals surface area contributed by atoms with Crippen LogP contribution < -0.4 is 4.74 Å². The predicted molar refractivity (Wildman–Crippen MR) is 85.0 cm³/mol. The third-order valence-corrected chi connectivity index (χ3v) is 4.95. The maximum atomic E-state index is 12.7. The highest BCUT2D eigenvalue weighted by molar-refractivity contribution is 5.86. The zero-order valence-corrected chi connectivity index (χ0v) is 13.4. The Labute approximate surface area is 136 Å². The van der Waals surface area contributed by atoms with Gasteiger partial charge in [-0.2, -0.15) is 0 Å². The molecule has 1 aromatic rings. The summed E-state index contributed by atoms with van der Waals surface area (Å²) in [6.07, 6.45) is 5.06. The highest BCUT2D eigenvalue weighted by Gasteiger charge is 2.47. The van der Waals surface area contributed by atoms with E-state index in [2.05, 4.69) is 0 Å². The minimum absolute atomic E-state index is 0.0409. The van der Waals surface area contributed by atoms with Gasteiger partial charge in [-0.05, 0) is 37.3 Å². The van der Waals surface area contributed by atoms with Crippen molar-refractivity contribution in [2.45, 2.75) is 44.2 Å². The number of amides is 1. The number of rotatable bonds is 4. The molecule has 5 heteroatoms. The van der Waals surface area contributed by atoms with Gasteiger partial charge >= 0.3 is 5.97 Å². The van der Waals surface area contributed by atoms with Gasteiger partial charge in [-0.15, -0.1) is 0 Å². The largest absolute Gasteiger partial charge is 0.484 e. The van der Waals surface area contributed by atoms with Crippen LogP contribution in [0.25, 0.3) is 0 Å². The molecule has 2 aliphatic rings. The number of para-hydroxylation sites is 1. The summed E-state index contributed by atoms with van der Waals surface area (Å²) in [5.41, 5.74) is 0. The maximum absolute atomic E-state index is 12.7. The van der Waals surface area contributed by atoms with E-state index >= 15 is 0 Å². The van der Waals surface area contributed by atoms with Crippen LogP contribution in [0.5, 0.6) is 5.75 Å². The number of hydrogen-bond donors (Lipinski definition) is 0. The molecule has 23 heavy (non-hydrogen) atoms. The maximum Gasteiger partial charge on any atom is 0.328 e. The number of hydrogen-bond acceptors (Lipinski definition) is 4. The van der Waals surface area contributed by atoms with Crippen molar-refractivity contribution in [1.82, 2.24) is 4.90 Å². The smallest absolute Gasteiger partial charge is 0.328 e. The van der Waals surface area contributed by atoms with Gasteiger partial charge in [0.05, 0.1) is 7.11 Å². The molecule has 1 heterocycles. The predicted octanol–water partition coefficient (Wildman–Crippen LogP) is 2.40. The summed E-state index contributed by atoms with van der Waals surface area (Å²) >= 11 is 0. The number of methoxy groups -OCH3 is 1. The van der Waals surface area contributed by atoms with E-state index in [1.54, 1.807) is 4.90 Å². The van der Waals surface area contributed by atoms with Gasteiger partial charge in [-0.1, -0.05) is 31.0 Å². The summed E-state index contributed by atoms with van der Waals surface area (Å²) < 4.78 is 10.5. The van der Waals surface area contributed by atoms with Crippen LogP contribution in [-0.2, 0) is 14.3 Å². The highest BCUT2D eigenvalue weighted by Crippen LogP contribution is 2.40. The van der Waals surface area contributed by atoms with Gasteiger partial charge in [-0.25, -0.2) is 4.79 Å². The van der Waals surface area contributed by atoms with Crippen LogP contribution in [0.15, 0.2) is 30.3 Å². The minimum Gasteiger partial charge on any atom is -0.484 e. The molecule has 0 aromatic heterocycles. The number of esters is 1. The monoisotopic (exact) mass is 317 g/mol. The second-order valence-electron chi connectivity index (χ2n) is 6.29. The molecule has 0 spiro atoms. The number of ether oxygens (including phenoxy) is 2. The number of likely N-dealkylation sites (tertiary alicyclic amines) is 1. The first-order valence-electron chi connectivity index (χ1n) is 8.27. The first-order chi connectivity index (χ1) is 11.2. The zero-order valence-electron chi connectivity index (χ0n) is 13.4. The van der Waals surface area contributed by atoms with E-state index < -0.39 is 6.04 Å². The Morgan fingerprint density at radius 1 is 1.17 bits per heavy atom. The lowest BCUT2D eigenvalue weighted by Gasteiger charge is -2.33. The van der Waals surface area contributed by atoms with Crippen LogP contribution in [0.2, 0.25) is 0 Å². The molecule has 3 atom stereocenters. The molecule has 1 aromatic carbocycles. The second-order valence-corrected chi connectivity index (χ2v) is 6.29. The van der Waals surface area contributed by atoms with Gasteiger partial charge in [0.2, 0.25) is 0 Å². The Balaban J connectivity index is 1.70. The molecular formula is C18H23NO4. The summed E-state index contributed by atoms with van der Waals surface area (Å²) in [5, 5.41) is 0. The quantitative estimate of drug-likeness (QED) is 0.800. The van der Waals surface area contributed by atoms with E-state index in [9.17, 15) is 9.59 Å². The number of fused-ring (bicyclic) bond motifs is 1. The van der Waals surface area contributed by atoms with Crippen molar-refractivity contribution in [2.24, 2.45) is 5.92 Å². The van der Waals surface area contributed by atoms with Crippen molar-refractivity contribution in [3.8, 4) is 5.75 Å². The number of benzene rings is 1. The van der Waals surface area contributed by atoms with Crippen LogP contribution in [-0.4, -0.2) is 42.6 Å². The Morgan fingerprint density at radius 2 is 1.91 bits per heavy atom. The van der Waals surface area contributed by atoms with E-state index in [0.29, 0.717) is 18.1 Å². The lowest BCUT2D eigenvalue weighted by Crippen LogP contribution is -2.48. The standard InChI is InChI=1S/C18H23NO4/c1-22-18(21)16-11-13-7-5-6-10-15(13)19(16)17(20)12-23-14-8-3-2-4-9-14/h2-4,8-9,13,15-16H,5-7,10-12H2,1H3/t13-,15+,16-/m1/s1. The third-order valence-electron chi connectivity index (χ3n) is 4.95. The molecule has 3 rings (SSSR count). The molecule has 0 unspecified atom stereocenters. The van der Waals surface area contributed by atoms with Crippen molar-refractivity contribution >= 4 is 11.9 Å². The van der Waals surface area contributed by atoms with Crippen LogP contribution >= 0.6 is 0 Å². The molecule has 0 bridgehead atoms. The lowest BCUT2D eigenvalue weighted by atomic mass is 9.85. The van der Waals surface area contributed by atoms with Gasteiger partial charge in [0.1, 0.15) is 11.8 Å². The summed E-state index contributed by atoms with van der Waals surface area (Å²) in [7, 11) is 1.38. The van der Waals surface area contributed by atoms with Gasteiger partial charge < -0.3 is 14.4 Å². The molecule has 1 aliphatic carbocycles. The first kappa shape index (κ1) is 15.8. The van der Waals surface area contributed by atoms with Crippen molar-refractivity contribution in [1.29, 1.82) is 0 Å². The Kier molecular flexibility index (Phi) is 4.84. The fourth-order valence-electron chi connectivity index (χ4n) is 3.90. The molecule has 2 fully saturated rings. The van der Waals surface area contributed by atoms with Gasteiger partial charge in [0.25, 0.3) is 5.91 Å². The molecule has 0 radical (unpaired) electrons.